The van der Waals surface area contributed by atoms with Gasteiger partial charge in [-0.15, -0.1) is 0 Å². The fourth-order valence-electron chi connectivity index (χ4n) is 1.89. The zero-order valence-corrected chi connectivity index (χ0v) is 12.3. The summed E-state index contributed by atoms with van der Waals surface area (Å²) in [6.07, 6.45) is 2.16. The lowest BCUT2D eigenvalue weighted by atomic mass is 9.97. The molecule has 0 nitrogen and oxygen atoms in total. The molecule has 0 unspecified atom stereocenters. The molecule has 14 heavy (non-hydrogen) atoms. The molecule has 78 valence electrons. The second-order valence-corrected chi connectivity index (χ2v) is 5.13. The third kappa shape index (κ3) is 1.92. The first kappa shape index (κ1) is 12.3. The quantitative estimate of drug-likeness (QED) is 0.723. The van der Waals surface area contributed by atoms with E-state index in [1.54, 1.807) is 0 Å². The molecule has 0 aliphatic heterocycles. The minimum absolute atomic E-state index is 1.08. The summed E-state index contributed by atoms with van der Waals surface area (Å²) in [5, 5.41) is 0. The van der Waals surface area contributed by atoms with Gasteiger partial charge in [-0.25, -0.2) is 0 Å². The summed E-state index contributed by atoms with van der Waals surface area (Å²) in [4.78, 5) is 0. The van der Waals surface area contributed by atoms with Gasteiger partial charge in [-0.3, -0.25) is 0 Å². The third-order valence-corrected chi connectivity index (χ3v) is 4.95. The van der Waals surface area contributed by atoms with Crippen molar-refractivity contribution in [2.45, 2.75) is 40.5 Å². The molecule has 0 heterocycles. The first-order valence-electron chi connectivity index (χ1n) is 5.00. The smallest absolute Gasteiger partial charge is 0.0242 e. The van der Waals surface area contributed by atoms with Gasteiger partial charge in [0.05, 0.1) is 0 Å². The minimum Gasteiger partial charge on any atom is -0.0612 e. The Morgan fingerprint density at radius 1 is 0.786 bits per heavy atom. The molecule has 0 aliphatic rings. The van der Waals surface area contributed by atoms with E-state index in [2.05, 4.69) is 59.6 Å². The maximum absolute atomic E-state index is 3.70. The second-order valence-electron chi connectivity index (χ2n) is 3.54. The van der Waals surface area contributed by atoms with Gasteiger partial charge in [0, 0.05) is 8.95 Å². The molecule has 0 spiro atoms. The Morgan fingerprint density at radius 3 is 1.29 bits per heavy atom. The maximum Gasteiger partial charge on any atom is 0.0242 e. The zero-order chi connectivity index (χ0) is 10.9. The summed E-state index contributed by atoms with van der Waals surface area (Å²) in [6.45, 7) is 8.77. The van der Waals surface area contributed by atoms with Crippen molar-refractivity contribution < 1.29 is 0 Å². The topological polar surface area (TPSA) is 0 Å². The van der Waals surface area contributed by atoms with Crippen LogP contribution in [0, 0.1) is 13.8 Å². The van der Waals surface area contributed by atoms with Crippen LogP contribution in [0.3, 0.4) is 0 Å². The van der Waals surface area contributed by atoms with Crippen LogP contribution < -0.4 is 0 Å². The Labute approximate surface area is 103 Å². The molecule has 0 atom stereocenters. The minimum atomic E-state index is 1.08. The first-order valence-corrected chi connectivity index (χ1v) is 6.59. The van der Waals surface area contributed by atoms with Crippen LogP contribution in [-0.2, 0) is 12.8 Å². The van der Waals surface area contributed by atoms with Gasteiger partial charge in [0.25, 0.3) is 0 Å². The molecule has 0 aliphatic carbocycles. The van der Waals surface area contributed by atoms with Crippen molar-refractivity contribution in [3.8, 4) is 0 Å². The number of benzene rings is 1. The Kier molecular flexibility index (Phi) is 4.20. The predicted octanol–water partition coefficient (Wildman–Crippen LogP) is 4.95. The summed E-state index contributed by atoms with van der Waals surface area (Å²) in [7, 11) is 0. The summed E-state index contributed by atoms with van der Waals surface area (Å²) < 4.78 is 2.58. The van der Waals surface area contributed by atoms with Crippen molar-refractivity contribution in [2.75, 3.05) is 0 Å². The normalized spacial score (nSPS) is 10.7. The van der Waals surface area contributed by atoms with Crippen LogP contribution in [0.2, 0.25) is 0 Å². The molecule has 2 heteroatoms. The third-order valence-electron chi connectivity index (χ3n) is 2.80. The van der Waals surface area contributed by atoms with Gasteiger partial charge in [0.15, 0.2) is 0 Å². The van der Waals surface area contributed by atoms with Crippen LogP contribution in [0.15, 0.2) is 8.95 Å². The van der Waals surface area contributed by atoms with E-state index in [1.807, 2.05) is 0 Å². The van der Waals surface area contributed by atoms with Crippen LogP contribution in [0.5, 0.6) is 0 Å². The van der Waals surface area contributed by atoms with E-state index in [9.17, 15) is 0 Å². The van der Waals surface area contributed by atoms with E-state index in [0.29, 0.717) is 0 Å². The lowest BCUT2D eigenvalue weighted by molar-refractivity contribution is 1.02. The fourth-order valence-corrected chi connectivity index (χ4v) is 3.52. The van der Waals surface area contributed by atoms with Crippen molar-refractivity contribution in [1.82, 2.24) is 0 Å². The van der Waals surface area contributed by atoms with Crippen LogP contribution in [-0.4, -0.2) is 0 Å². The fraction of sp³-hybridized carbons (Fsp3) is 0.500. The molecule has 1 rings (SSSR count). The Balaban J connectivity index is 3.55. The highest BCUT2D eigenvalue weighted by atomic mass is 79.9. The van der Waals surface area contributed by atoms with Gasteiger partial charge in [-0.05, 0) is 48.9 Å². The van der Waals surface area contributed by atoms with Crippen LogP contribution >= 0.6 is 31.9 Å². The lowest BCUT2D eigenvalue weighted by Crippen LogP contribution is -1.99. The number of halogens is 2. The number of rotatable bonds is 2. The van der Waals surface area contributed by atoms with Crippen LogP contribution in [0.1, 0.15) is 36.1 Å². The SMILES string of the molecule is CCc1c(C)c(Br)c(CC)c(C)c1Br. The van der Waals surface area contributed by atoms with Crippen LogP contribution in [0.25, 0.3) is 0 Å². The molecular formula is C12H16Br2. The van der Waals surface area contributed by atoms with E-state index in [-0.39, 0.29) is 0 Å². The summed E-state index contributed by atoms with van der Waals surface area (Å²) >= 11 is 7.39. The van der Waals surface area contributed by atoms with E-state index >= 15 is 0 Å². The predicted molar refractivity (Wildman–Crippen MR) is 70.1 cm³/mol. The van der Waals surface area contributed by atoms with Crippen molar-refractivity contribution in [3.05, 3.63) is 31.2 Å². The lowest BCUT2D eigenvalue weighted by Gasteiger charge is -2.16. The molecule has 0 saturated carbocycles. The highest BCUT2D eigenvalue weighted by Crippen LogP contribution is 2.35. The molecule has 0 N–H and O–H groups in total. The summed E-state index contributed by atoms with van der Waals surface area (Å²) in [6, 6.07) is 0. The standard InChI is InChI=1S/C12H16Br2/c1-5-9-7(3)12(14)10(6-2)8(4)11(9)13/h5-6H2,1-4H3. The largest absolute Gasteiger partial charge is 0.0612 e. The molecule has 0 fully saturated rings. The van der Waals surface area contributed by atoms with Gasteiger partial charge in [0.1, 0.15) is 0 Å². The second kappa shape index (κ2) is 4.80. The molecule has 1 aromatic carbocycles. The Bertz CT molecular complexity index is 290. The zero-order valence-electron chi connectivity index (χ0n) is 9.17. The average molecular weight is 320 g/mol. The molecule has 0 bridgehead atoms. The molecule has 0 radical (unpaired) electrons. The van der Waals surface area contributed by atoms with Crippen molar-refractivity contribution in [2.24, 2.45) is 0 Å². The molecule has 0 amide bonds. The number of hydrogen-bond acceptors (Lipinski definition) is 0. The van der Waals surface area contributed by atoms with Crippen molar-refractivity contribution >= 4 is 31.9 Å². The molecule has 0 aromatic heterocycles. The van der Waals surface area contributed by atoms with Gasteiger partial charge >= 0.3 is 0 Å². The van der Waals surface area contributed by atoms with Crippen molar-refractivity contribution in [1.29, 1.82) is 0 Å². The number of hydrogen-bond donors (Lipinski definition) is 0. The van der Waals surface area contributed by atoms with E-state index in [4.69, 9.17) is 0 Å². The highest BCUT2D eigenvalue weighted by Gasteiger charge is 2.13. The molecular weight excluding hydrogens is 304 g/mol. The van der Waals surface area contributed by atoms with Gasteiger partial charge in [0.2, 0.25) is 0 Å². The van der Waals surface area contributed by atoms with E-state index < -0.39 is 0 Å². The van der Waals surface area contributed by atoms with Gasteiger partial charge < -0.3 is 0 Å². The first-order chi connectivity index (χ1) is 6.54. The van der Waals surface area contributed by atoms with Gasteiger partial charge in [-0.2, -0.15) is 0 Å². The van der Waals surface area contributed by atoms with Crippen molar-refractivity contribution in [3.63, 3.8) is 0 Å². The average Bonchev–Trinajstić information content (AvgIpc) is 2.17. The molecule has 1 aromatic rings. The Morgan fingerprint density at radius 2 is 1.07 bits per heavy atom. The summed E-state index contributed by atoms with van der Waals surface area (Å²) in [5.74, 6) is 0. The Hall–Kier alpha value is 0.180. The van der Waals surface area contributed by atoms with E-state index in [1.165, 1.54) is 31.2 Å². The maximum atomic E-state index is 3.70. The highest BCUT2D eigenvalue weighted by molar-refractivity contribution is 9.11. The molecule has 0 saturated heterocycles. The summed E-state index contributed by atoms with van der Waals surface area (Å²) in [5.41, 5.74) is 5.60. The van der Waals surface area contributed by atoms with Crippen LogP contribution in [0.4, 0.5) is 0 Å². The van der Waals surface area contributed by atoms with E-state index in [0.717, 1.165) is 12.8 Å². The van der Waals surface area contributed by atoms with Gasteiger partial charge in [-0.1, -0.05) is 45.7 Å². The monoisotopic (exact) mass is 318 g/mol.